The number of piperazine rings is 1. The predicted octanol–water partition coefficient (Wildman–Crippen LogP) is 1.22. The maximum absolute atomic E-state index is 9.56. The molecule has 3 aromatic rings. The van der Waals surface area contributed by atoms with E-state index in [0.717, 1.165) is 75.0 Å². The third kappa shape index (κ3) is 3.02. The molecule has 3 aromatic heterocycles. The van der Waals surface area contributed by atoms with Crippen molar-refractivity contribution in [3.63, 3.8) is 0 Å². The van der Waals surface area contributed by atoms with Crippen molar-refractivity contribution < 1.29 is 4.74 Å². The van der Waals surface area contributed by atoms with Crippen LogP contribution in [0.3, 0.4) is 0 Å². The van der Waals surface area contributed by atoms with Gasteiger partial charge in [-0.05, 0) is 6.07 Å². The Morgan fingerprint density at radius 2 is 1.79 bits per heavy atom. The van der Waals surface area contributed by atoms with E-state index in [1.165, 1.54) is 0 Å². The number of ether oxygens (including phenoxy) is 1. The minimum atomic E-state index is 0.607. The Hall–Kier alpha value is -2.90. The van der Waals surface area contributed by atoms with Gasteiger partial charge in [-0.25, -0.2) is 4.98 Å². The van der Waals surface area contributed by atoms with Crippen LogP contribution in [0.2, 0.25) is 0 Å². The Morgan fingerprint density at radius 1 is 1.00 bits per heavy atom. The van der Waals surface area contributed by atoms with Gasteiger partial charge < -0.3 is 19.4 Å². The van der Waals surface area contributed by atoms with Gasteiger partial charge in [0, 0.05) is 57.0 Å². The summed E-state index contributed by atoms with van der Waals surface area (Å²) in [4.78, 5) is 21.4. The fourth-order valence-electron chi connectivity index (χ4n) is 3.68. The zero-order valence-electron chi connectivity index (χ0n) is 15.4. The Bertz CT molecular complexity index is 1010. The highest BCUT2D eigenvalue weighted by Gasteiger charge is 2.25. The molecule has 0 aliphatic carbocycles. The van der Waals surface area contributed by atoms with Crippen molar-refractivity contribution in [2.24, 2.45) is 0 Å². The van der Waals surface area contributed by atoms with E-state index in [0.29, 0.717) is 5.69 Å². The molecule has 9 nitrogen and oxygen atoms in total. The standard InChI is InChI=1S/C18H20N8OS/c19-13-14-16(22-18-26(14)9-12-28-18)24-3-5-25(6-4-24)17-20-2-1-15(21-17)23-7-10-27-11-8-23/h1-2,9,12H,3-8,10-11H2. The second kappa shape index (κ2) is 7.26. The number of imidazole rings is 1. The summed E-state index contributed by atoms with van der Waals surface area (Å²) in [6.07, 6.45) is 3.73. The van der Waals surface area contributed by atoms with Gasteiger partial charge in [0.1, 0.15) is 11.9 Å². The normalized spacial score (nSPS) is 17.9. The Labute approximate surface area is 166 Å². The number of hydrogen-bond acceptors (Lipinski definition) is 9. The predicted molar refractivity (Wildman–Crippen MR) is 107 cm³/mol. The maximum atomic E-state index is 9.56. The lowest BCUT2D eigenvalue weighted by Crippen LogP contribution is -2.47. The summed E-state index contributed by atoms with van der Waals surface area (Å²) < 4.78 is 7.29. The molecule has 0 unspecified atom stereocenters. The zero-order valence-corrected chi connectivity index (χ0v) is 16.2. The van der Waals surface area contributed by atoms with E-state index < -0.39 is 0 Å². The molecule has 10 heteroatoms. The highest BCUT2D eigenvalue weighted by Crippen LogP contribution is 2.26. The van der Waals surface area contributed by atoms with Gasteiger partial charge in [-0.3, -0.25) is 4.40 Å². The lowest BCUT2D eigenvalue weighted by atomic mass is 10.3. The monoisotopic (exact) mass is 396 g/mol. The highest BCUT2D eigenvalue weighted by molar-refractivity contribution is 7.15. The molecular formula is C18H20N8OS. The number of thiazole rings is 1. The molecule has 2 saturated heterocycles. The Balaban J connectivity index is 1.30. The van der Waals surface area contributed by atoms with Crippen molar-refractivity contribution in [1.29, 1.82) is 5.26 Å². The fourth-order valence-corrected chi connectivity index (χ4v) is 4.39. The van der Waals surface area contributed by atoms with Gasteiger partial charge in [-0.15, -0.1) is 11.3 Å². The first-order chi connectivity index (χ1) is 13.8. The quantitative estimate of drug-likeness (QED) is 0.653. The van der Waals surface area contributed by atoms with Crippen molar-refractivity contribution >= 4 is 33.9 Å². The molecule has 144 valence electrons. The van der Waals surface area contributed by atoms with E-state index in [-0.39, 0.29) is 0 Å². The van der Waals surface area contributed by atoms with Crippen LogP contribution >= 0.6 is 11.3 Å². The molecule has 0 spiro atoms. The fraction of sp³-hybridized carbons (Fsp3) is 0.444. The number of aromatic nitrogens is 4. The first kappa shape index (κ1) is 17.2. The smallest absolute Gasteiger partial charge is 0.227 e. The van der Waals surface area contributed by atoms with Crippen LogP contribution in [-0.4, -0.2) is 71.8 Å². The zero-order chi connectivity index (χ0) is 18.9. The minimum absolute atomic E-state index is 0.607. The molecule has 0 N–H and O–H groups in total. The summed E-state index contributed by atoms with van der Waals surface area (Å²) >= 11 is 1.54. The number of fused-ring (bicyclic) bond motifs is 1. The number of nitriles is 1. The molecule has 0 amide bonds. The molecule has 0 saturated carbocycles. The van der Waals surface area contributed by atoms with E-state index >= 15 is 0 Å². The van der Waals surface area contributed by atoms with Crippen molar-refractivity contribution in [3.05, 3.63) is 29.5 Å². The maximum Gasteiger partial charge on any atom is 0.227 e. The van der Waals surface area contributed by atoms with Gasteiger partial charge in [0.2, 0.25) is 5.95 Å². The molecule has 2 aliphatic rings. The highest BCUT2D eigenvalue weighted by atomic mass is 32.1. The summed E-state index contributed by atoms with van der Waals surface area (Å²) in [5.41, 5.74) is 0.607. The summed E-state index contributed by atoms with van der Waals surface area (Å²) in [5, 5.41) is 11.5. The number of nitrogens with zero attached hydrogens (tertiary/aromatic N) is 8. The average Bonchev–Trinajstić information content (AvgIpc) is 3.36. The first-order valence-corrected chi connectivity index (χ1v) is 10.2. The van der Waals surface area contributed by atoms with Gasteiger partial charge in [-0.2, -0.15) is 15.2 Å². The summed E-state index contributed by atoms with van der Waals surface area (Å²) in [6.45, 7) is 6.35. The first-order valence-electron chi connectivity index (χ1n) is 9.35. The van der Waals surface area contributed by atoms with Crippen LogP contribution in [-0.2, 0) is 4.74 Å². The van der Waals surface area contributed by atoms with Gasteiger partial charge >= 0.3 is 0 Å². The van der Waals surface area contributed by atoms with Crippen LogP contribution in [0.5, 0.6) is 0 Å². The van der Waals surface area contributed by atoms with E-state index in [1.54, 1.807) is 11.3 Å². The van der Waals surface area contributed by atoms with Gasteiger partial charge in [-0.1, -0.05) is 0 Å². The van der Waals surface area contributed by atoms with Gasteiger partial charge in [0.25, 0.3) is 0 Å². The second-order valence-electron chi connectivity index (χ2n) is 6.74. The van der Waals surface area contributed by atoms with Crippen LogP contribution in [0, 0.1) is 11.3 Å². The molecule has 0 atom stereocenters. The molecule has 0 aromatic carbocycles. The lowest BCUT2D eigenvalue weighted by Gasteiger charge is -2.35. The SMILES string of the molecule is N#Cc1c(N2CCN(c3nccc(N4CCOCC4)n3)CC2)nc2sccn12. The molecule has 5 rings (SSSR count). The van der Waals surface area contributed by atoms with Crippen molar-refractivity contribution in [2.75, 3.05) is 67.2 Å². The third-order valence-corrected chi connectivity index (χ3v) is 5.93. The van der Waals surface area contributed by atoms with Crippen molar-refractivity contribution in [2.45, 2.75) is 0 Å². The number of rotatable bonds is 3. The summed E-state index contributed by atoms with van der Waals surface area (Å²) in [7, 11) is 0. The minimum Gasteiger partial charge on any atom is -0.378 e. The molecule has 2 fully saturated rings. The number of morpholine rings is 1. The summed E-state index contributed by atoms with van der Waals surface area (Å²) in [5.74, 6) is 2.49. The summed E-state index contributed by atoms with van der Waals surface area (Å²) in [6, 6.07) is 4.26. The second-order valence-corrected chi connectivity index (χ2v) is 7.61. The number of anilines is 3. The molecule has 0 radical (unpaired) electrons. The molecule has 2 aliphatic heterocycles. The molecule has 0 bridgehead atoms. The molecule has 28 heavy (non-hydrogen) atoms. The van der Waals surface area contributed by atoms with E-state index in [4.69, 9.17) is 9.72 Å². The van der Waals surface area contributed by atoms with Crippen molar-refractivity contribution in [3.8, 4) is 6.07 Å². The molecular weight excluding hydrogens is 376 g/mol. The van der Waals surface area contributed by atoms with Gasteiger partial charge in [0.15, 0.2) is 16.5 Å². The van der Waals surface area contributed by atoms with Crippen LogP contribution in [0.15, 0.2) is 23.8 Å². The van der Waals surface area contributed by atoms with E-state index in [9.17, 15) is 5.26 Å². The largest absolute Gasteiger partial charge is 0.378 e. The average molecular weight is 396 g/mol. The van der Waals surface area contributed by atoms with Crippen LogP contribution in [0.25, 0.3) is 4.96 Å². The molecule has 5 heterocycles. The van der Waals surface area contributed by atoms with Crippen LogP contribution < -0.4 is 14.7 Å². The number of hydrogen-bond donors (Lipinski definition) is 0. The van der Waals surface area contributed by atoms with Crippen molar-refractivity contribution in [1.82, 2.24) is 19.4 Å². The topological polar surface area (TPSA) is 85.8 Å². The van der Waals surface area contributed by atoms with Crippen LogP contribution in [0.4, 0.5) is 17.6 Å². The van der Waals surface area contributed by atoms with E-state index in [2.05, 4.69) is 30.7 Å². The van der Waals surface area contributed by atoms with Crippen LogP contribution in [0.1, 0.15) is 5.69 Å². The van der Waals surface area contributed by atoms with E-state index in [1.807, 2.05) is 28.2 Å². The van der Waals surface area contributed by atoms with Gasteiger partial charge in [0.05, 0.1) is 13.2 Å². The Morgan fingerprint density at radius 3 is 2.57 bits per heavy atom. The Kier molecular flexibility index (Phi) is 4.46. The lowest BCUT2D eigenvalue weighted by molar-refractivity contribution is 0.122. The third-order valence-electron chi connectivity index (χ3n) is 5.17.